The van der Waals surface area contributed by atoms with E-state index in [0.717, 1.165) is 12.8 Å². The summed E-state index contributed by atoms with van der Waals surface area (Å²) in [5, 5.41) is 0. The molecule has 1 atom stereocenters. The topological polar surface area (TPSA) is 72.6 Å². The molecule has 0 saturated carbocycles. The summed E-state index contributed by atoms with van der Waals surface area (Å²) in [5.41, 5.74) is 5.99. The fourth-order valence-electron chi connectivity index (χ4n) is 2.35. The predicted molar refractivity (Wildman–Crippen MR) is 81.2 cm³/mol. The second kappa shape index (κ2) is 7.05. The Morgan fingerprint density at radius 3 is 3.00 bits per heavy atom. The lowest BCUT2D eigenvalue weighted by atomic mass is 10.1. The molecule has 1 aliphatic heterocycles. The Labute approximate surface area is 126 Å². The van der Waals surface area contributed by atoms with Crippen molar-refractivity contribution in [3.8, 4) is 11.8 Å². The Bertz CT molecular complexity index is 646. The number of hydrogen-bond acceptors (Lipinski definition) is 4. The number of methoxy groups -OCH3 is 1. The van der Waals surface area contributed by atoms with E-state index in [1.807, 2.05) is 0 Å². The first-order valence-corrected chi connectivity index (χ1v) is 8.34. The smallest absolute Gasteiger partial charge is 0.243 e. The fraction of sp³-hybridized carbons (Fsp3) is 0.467. The van der Waals surface area contributed by atoms with Gasteiger partial charge >= 0.3 is 0 Å². The number of hydrogen-bond donors (Lipinski definition) is 1. The second-order valence-corrected chi connectivity index (χ2v) is 6.83. The van der Waals surface area contributed by atoms with E-state index in [2.05, 4.69) is 11.8 Å². The van der Waals surface area contributed by atoms with Crippen molar-refractivity contribution in [2.75, 3.05) is 26.7 Å². The van der Waals surface area contributed by atoms with Crippen LogP contribution in [0.1, 0.15) is 18.4 Å². The minimum absolute atomic E-state index is 0.0336. The van der Waals surface area contributed by atoms with Gasteiger partial charge in [0.2, 0.25) is 10.0 Å². The lowest BCUT2D eigenvalue weighted by molar-refractivity contribution is 0.0572. The molecule has 0 aromatic heterocycles. The quantitative estimate of drug-likeness (QED) is 0.838. The van der Waals surface area contributed by atoms with E-state index in [9.17, 15) is 8.42 Å². The molecule has 1 unspecified atom stereocenters. The number of sulfonamides is 1. The average molecular weight is 308 g/mol. The van der Waals surface area contributed by atoms with Gasteiger partial charge in [-0.15, -0.1) is 0 Å². The molecule has 5 nitrogen and oxygen atoms in total. The molecule has 1 fully saturated rings. The molecule has 114 valence electrons. The normalized spacial score (nSPS) is 19.8. The van der Waals surface area contributed by atoms with E-state index < -0.39 is 10.0 Å². The van der Waals surface area contributed by atoms with Crippen molar-refractivity contribution < 1.29 is 13.2 Å². The molecule has 1 aromatic rings. The highest BCUT2D eigenvalue weighted by molar-refractivity contribution is 7.89. The predicted octanol–water partition coefficient (Wildman–Crippen LogP) is 0.796. The van der Waals surface area contributed by atoms with Gasteiger partial charge in [-0.1, -0.05) is 17.9 Å². The lowest BCUT2D eigenvalue weighted by Gasteiger charge is -2.31. The number of piperidine rings is 1. The third-order valence-corrected chi connectivity index (χ3v) is 5.34. The van der Waals surface area contributed by atoms with Crippen LogP contribution < -0.4 is 5.73 Å². The van der Waals surface area contributed by atoms with Crippen LogP contribution in [0.5, 0.6) is 0 Å². The van der Waals surface area contributed by atoms with Gasteiger partial charge in [-0.25, -0.2) is 8.42 Å². The largest absolute Gasteiger partial charge is 0.380 e. The highest BCUT2D eigenvalue weighted by atomic mass is 32.2. The van der Waals surface area contributed by atoms with Crippen molar-refractivity contribution in [2.24, 2.45) is 5.73 Å². The minimum Gasteiger partial charge on any atom is -0.380 e. The van der Waals surface area contributed by atoms with Gasteiger partial charge in [0.25, 0.3) is 0 Å². The number of ether oxygens (including phenoxy) is 1. The molecule has 1 heterocycles. The standard InChI is InChI=1S/C15H20N2O3S/c1-20-14-7-4-10-17(12-14)21(18,19)15-8-2-5-13(11-15)6-3-9-16/h2,5,8,11,14H,4,7,9-10,12,16H2,1H3. The maximum Gasteiger partial charge on any atom is 0.243 e. The summed E-state index contributed by atoms with van der Waals surface area (Å²) in [6.45, 7) is 1.18. The van der Waals surface area contributed by atoms with Crippen molar-refractivity contribution in [3.63, 3.8) is 0 Å². The molecule has 0 amide bonds. The number of rotatable bonds is 3. The maximum absolute atomic E-state index is 12.7. The molecule has 21 heavy (non-hydrogen) atoms. The first-order valence-electron chi connectivity index (χ1n) is 6.90. The molecular weight excluding hydrogens is 288 g/mol. The van der Waals surface area contributed by atoms with Gasteiger partial charge in [-0.2, -0.15) is 4.31 Å². The molecule has 0 bridgehead atoms. The van der Waals surface area contributed by atoms with Crippen LogP contribution >= 0.6 is 0 Å². The van der Waals surface area contributed by atoms with Gasteiger partial charge in [-0.05, 0) is 31.0 Å². The van der Waals surface area contributed by atoms with E-state index in [1.165, 1.54) is 4.31 Å². The van der Waals surface area contributed by atoms with E-state index in [-0.39, 0.29) is 17.5 Å². The van der Waals surface area contributed by atoms with Crippen LogP contribution in [0.15, 0.2) is 29.2 Å². The Balaban J connectivity index is 2.26. The summed E-state index contributed by atoms with van der Waals surface area (Å²) in [6.07, 6.45) is 1.67. The first kappa shape index (κ1) is 16.0. The maximum atomic E-state index is 12.7. The van der Waals surface area contributed by atoms with Crippen LogP contribution in [0.25, 0.3) is 0 Å². The van der Waals surface area contributed by atoms with Crippen LogP contribution in [-0.4, -0.2) is 45.6 Å². The summed E-state index contributed by atoms with van der Waals surface area (Å²) in [7, 11) is -1.88. The highest BCUT2D eigenvalue weighted by Crippen LogP contribution is 2.22. The summed E-state index contributed by atoms with van der Waals surface area (Å²) >= 11 is 0. The molecule has 2 N–H and O–H groups in total. The van der Waals surface area contributed by atoms with Crippen LogP contribution in [0, 0.1) is 11.8 Å². The molecule has 1 saturated heterocycles. The third-order valence-electron chi connectivity index (χ3n) is 3.48. The summed E-state index contributed by atoms with van der Waals surface area (Å²) in [6, 6.07) is 6.66. The van der Waals surface area contributed by atoms with Gasteiger partial charge < -0.3 is 10.5 Å². The zero-order chi connectivity index (χ0) is 15.3. The molecule has 1 aliphatic rings. The molecule has 0 spiro atoms. The zero-order valence-electron chi connectivity index (χ0n) is 12.1. The number of nitrogens with two attached hydrogens (primary N) is 1. The lowest BCUT2D eigenvalue weighted by Crippen LogP contribution is -2.42. The van der Waals surface area contributed by atoms with E-state index in [0.29, 0.717) is 18.7 Å². The van der Waals surface area contributed by atoms with Crippen molar-refractivity contribution in [1.82, 2.24) is 4.31 Å². The van der Waals surface area contributed by atoms with Crippen LogP contribution in [0.4, 0.5) is 0 Å². The number of benzene rings is 1. The van der Waals surface area contributed by atoms with Crippen LogP contribution in [-0.2, 0) is 14.8 Å². The Kier molecular flexibility index (Phi) is 5.37. The van der Waals surface area contributed by atoms with Gasteiger partial charge in [0.1, 0.15) is 0 Å². The Morgan fingerprint density at radius 1 is 1.48 bits per heavy atom. The molecule has 0 radical (unpaired) electrons. The van der Waals surface area contributed by atoms with Crippen molar-refractivity contribution in [3.05, 3.63) is 29.8 Å². The van der Waals surface area contributed by atoms with Crippen LogP contribution in [0.3, 0.4) is 0 Å². The van der Waals surface area contributed by atoms with Crippen molar-refractivity contribution in [2.45, 2.75) is 23.8 Å². The first-order chi connectivity index (χ1) is 10.1. The van der Waals surface area contributed by atoms with Crippen LogP contribution in [0.2, 0.25) is 0 Å². The third kappa shape index (κ3) is 3.83. The Morgan fingerprint density at radius 2 is 2.29 bits per heavy atom. The molecular formula is C15H20N2O3S. The fourth-order valence-corrected chi connectivity index (χ4v) is 3.91. The molecule has 0 aliphatic carbocycles. The molecule has 1 aromatic carbocycles. The SMILES string of the molecule is COC1CCCN(S(=O)(=O)c2cccc(C#CCN)c2)C1. The highest BCUT2D eigenvalue weighted by Gasteiger charge is 2.30. The Hall–Kier alpha value is -1.39. The van der Waals surface area contributed by atoms with Crippen molar-refractivity contribution >= 4 is 10.0 Å². The van der Waals surface area contributed by atoms with E-state index in [4.69, 9.17) is 10.5 Å². The van der Waals surface area contributed by atoms with Gasteiger partial charge in [-0.3, -0.25) is 0 Å². The van der Waals surface area contributed by atoms with E-state index >= 15 is 0 Å². The second-order valence-electron chi connectivity index (χ2n) is 4.90. The molecule has 6 heteroatoms. The van der Waals surface area contributed by atoms with Crippen molar-refractivity contribution in [1.29, 1.82) is 0 Å². The number of nitrogens with zero attached hydrogens (tertiary/aromatic N) is 1. The molecule has 2 rings (SSSR count). The average Bonchev–Trinajstić information content (AvgIpc) is 2.53. The van der Waals surface area contributed by atoms with Gasteiger partial charge in [0, 0.05) is 25.8 Å². The summed E-state index contributed by atoms with van der Waals surface area (Å²) < 4.78 is 32.1. The van der Waals surface area contributed by atoms with Gasteiger partial charge in [0.15, 0.2) is 0 Å². The van der Waals surface area contributed by atoms with E-state index in [1.54, 1.807) is 31.4 Å². The summed E-state index contributed by atoms with van der Waals surface area (Å²) in [5.74, 6) is 5.59. The van der Waals surface area contributed by atoms with Gasteiger partial charge in [0.05, 0.1) is 17.5 Å². The zero-order valence-corrected chi connectivity index (χ0v) is 12.9. The minimum atomic E-state index is -3.50. The monoisotopic (exact) mass is 308 g/mol. The summed E-state index contributed by atoms with van der Waals surface area (Å²) in [4.78, 5) is 0.267.